The minimum absolute atomic E-state index is 0.381. The van der Waals surface area contributed by atoms with Gasteiger partial charge in [0.25, 0.3) is 0 Å². The van der Waals surface area contributed by atoms with Crippen LogP contribution < -0.4 is 5.32 Å². The molecule has 0 spiro atoms. The Morgan fingerprint density at radius 2 is 1.90 bits per heavy atom. The van der Waals surface area contributed by atoms with Gasteiger partial charge < -0.3 is 10.1 Å². The van der Waals surface area contributed by atoms with E-state index in [9.17, 15) is 4.79 Å². The largest absolute Gasteiger partial charge is 0.465 e. The summed E-state index contributed by atoms with van der Waals surface area (Å²) < 4.78 is 4.71. The van der Waals surface area contributed by atoms with Crippen molar-refractivity contribution in [2.45, 2.75) is 0 Å². The van der Waals surface area contributed by atoms with Crippen LogP contribution in [0.5, 0.6) is 0 Å². The number of hydrogen-bond acceptors (Lipinski definition) is 5. The van der Waals surface area contributed by atoms with Crippen LogP contribution in [0.25, 0.3) is 10.9 Å². The van der Waals surface area contributed by atoms with E-state index in [1.54, 1.807) is 12.1 Å². The van der Waals surface area contributed by atoms with E-state index in [0.717, 1.165) is 11.1 Å². The standard InChI is InChI=1S/C16H13N3O2/c1-21-16(20)11-7-8-13-14(9-11)17-10-18-15(13)19-12-5-3-2-4-6-12/h2-10H,1H3,(H,17,18,19). The van der Waals surface area contributed by atoms with E-state index in [2.05, 4.69) is 15.3 Å². The molecule has 3 rings (SSSR count). The molecule has 21 heavy (non-hydrogen) atoms. The van der Waals surface area contributed by atoms with Gasteiger partial charge in [-0.2, -0.15) is 0 Å². The smallest absolute Gasteiger partial charge is 0.337 e. The molecule has 0 aliphatic heterocycles. The molecular formula is C16H13N3O2. The summed E-state index contributed by atoms with van der Waals surface area (Å²) >= 11 is 0. The highest BCUT2D eigenvalue weighted by Gasteiger charge is 2.09. The molecule has 0 atom stereocenters. The van der Waals surface area contributed by atoms with Gasteiger partial charge in [-0.1, -0.05) is 18.2 Å². The molecule has 1 heterocycles. The first-order valence-electron chi connectivity index (χ1n) is 6.43. The normalized spacial score (nSPS) is 10.3. The maximum absolute atomic E-state index is 11.6. The number of ether oxygens (including phenoxy) is 1. The lowest BCUT2D eigenvalue weighted by Crippen LogP contribution is -2.02. The van der Waals surface area contributed by atoms with Gasteiger partial charge in [-0.15, -0.1) is 0 Å². The fraction of sp³-hybridized carbons (Fsp3) is 0.0625. The SMILES string of the molecule is COC(=O)c1ccc2c(Nc3ccccc3)ncnc2c1. The Morgan fingerprint density at radius 3 is 2.67 bits per heavy atom. The summed E-state index contributed by atoms with van der Waals surface area (Å²) in [5.74, 6) is 0.315. The highest BCUT2D eigenvalue weighted by Crippen LogP contribution is 2.23. The van der Waals surface area contributed by atoms with Gasteiger partial charge >= 0.3 is 5.97 Å². The number of carbonyl (C=O) groups excluding carboxylic acids is 1. The number of aromatic nitrogens is 2. The second-order valence-electron chi connectivity index (χ2n) is 4.44. The molecule has 0 saturated carbocycles. The van der Waals surface area contributed by atoms with Crippen LogP contribution in [0.4, 0.5) is 11.5 Å². The van der Waals surface area contributed by atoms with Crippen LogP contribution in [0.3, 0.4) is 0 Å². The van der Waals surface area contributed by atoms with Crippen LogP contribution in [0.1, 0.15) is 10.4 Å². The average molecular weight is 279 g/mol. The number of fused-ring (bicyclic) bond motifs is 1. The predicted octanol–water partition coefficient (Wildman–Crippen LogP) is 3.16. The highest BCUT2D eigenvalue weighted by atomic mass is 16.5. The van der Waals surface area contributed by atoms with Crippen molar-refractivity contribution in [3.63, 3.8) is 0 Å². The van der Waals surface area contributed by atoms with Gasteiger partial charge in [0.05, 0.1) is 18.2 Å². The number of anilines is 2. The van der Waals surface area contributed by atoms with E-state index >= 15 is 0 Å². The quantitative estimate of drug-likeness (QED) is 0.746. The Hall–Kier alpha value is -2.95. The zero-order chi connectivity index (χ0) is 14.7. The lowest BCUT2D eigenvalue weighted by atomic mass is 10.1. The zero-order valence-electron chi connectivity index (χ0n) is 11.4. The summed E-state index contributed by atoms with van der Waals surface area (Å²) in [5, 5.41) is 4.08. The molecule has 5 heteroatoms. The van der Waals surface area contributed by atoms with E-state index in [-0.39, 0.29) is 5.97 Å². The zero-order valence-corrected chi connectivity index (χ0v) is 11.4. The first-order chi connectivity index (χ1) is 10.3. The van der Waals surface area contributed by atoms with Crippen LogP contribution in [-0.4, -0.2) is 23.0 Å². The number of methoxy groups -OCH3 is 1. The summed E-state index contributed by atoms with van der Waals surface area (Å²) in [6, 6.07) is 15.0. The fourth-order valence-electron chi connectivity index (χ4n) is 2.06. The lowest BCUT2D eigenvalue weighted by molar-refractivity contribution is 0.0601. The van der Waals surface area contributed by atoms with Gasteiger partial charge in [0.15, 0.2) is 0 Å². The van der Waals surface area contributed by atoms with Crippen molar-refractivity contribution in [1.29, 1.82) is 0 Å². The first-order valence-corrected chi connectivity index (χ1v) is 6.43. The van der Waals surface area contributed by atoms with E-state index in [4.69, 9.17) is 4.74 Å². The van der Waals surface area contributed by atoms with Crippen molar-refractivity contribution < 1.29 is 9.53 Å². The molecule has 1 N–H and O–H groups in total. The van der Waals surface area contributed by atoms with Gasteiger partial charge in [0.2, 0.25) is 0 Å². The van der Waals surface area contributed by atoms with Gasteiger partial charge in [-0.3, -0.25) is 0 Å². The van der Waals surface area contributed by atoms with Crippen molar-refractivity contribution in [3.8, 4) is 0 Å². The second kappa shape index (κ2) is 5.58. The van der Waals surface area contributed by atoms with Gasteiger partial charge in [-0.05, 0) is 30.3 Å². The topological polar surface area (TPSA) is 64.1 Å². The van der Waals surface area contributed by atoms with Crippen LogP contribution in [0.15, 0.2) is 54.9 Å². The average Bonchev–Trinajstić information content (AvgIpc) is 2.55. The Balaban J connectivity index is 2.02. The summed E-state index contributed by atoms with van der Waals surface area (Å²) in [5.41, 5.74) is 2.09. The number of rotatable bonds is 3. The lowest BCUT2D eigenvalue weighted by Gasteiger charge is -2.08. The molecule has 0 radical (unpaired) electrons. The summed E-state index contributed by atoms with van der Waals surface area (Å²) in [6.45, 7) is 0. The molecule has 0 amide bonds. The molecule has 0 bridgehead atoms. The molecule has 0 saturated heterocycles. The molecular weight excluding hydrogens is 266 g/mol. The van der Waals surface area contributed by atoms with Crippen LogP contribution in [-0.2, 0) is 4.74 Å². The molecule has 0 fully saturated rings. The minimum atomic E-state index is -0.381. The molecule has 0 aliphatic carbocycles. The summed E-state index contributed by atoms with van der Waals surface area (Å²) in [4.78, 5) is 20.0. The van der Waals surface area contributed by atoms with E-state index in [1.165, 1.54) is 13.4 Å². The van der Waals surface area contributed by atoms with Crippen molar-refractivity contribution in [2.24, 2.45) is 0 Å². The molecule has 5 nitrogen and oxygen atoms in total. The maximum Gasteiger partial charge on any atom is 0.337 e. The monoisotopic (exact) mass is 279 g/mol. The number of carbonyl (C=O) groups is 1. The number of benzene rings is 2. The van der Waals surface area contributed by atoms with E-state index < -0.39 is 0 Å². The van der Waals surface area contributed by atoms with Crippen molar-refractivity contribution in [3.05, 3.63) is 60.4 Å². The molecule has 1 aromatic heterocycles. The molecule has 3 aromatic rings. The fourth-order valence-corrected chi connectivity index (χ4v) is 2.06. The molecule has 2 aromatic carbocycles. The predicted molar refractivity (Wildman–Crippen MR) is 80.6 cm³/mol. The Kier molecular flexibility index (Phi) is 3.47. The third kappa shape index (κ3) is 2.67. The number of hydrogen-bond donors (Lipinski definition) is 1. The van der Waals surface area contributed by atoms with Crippen molar-refractivity contribution in [1.82, 2.24) is 9.97 Å². The molecule has 0 unspecified atom stereocenters. The van der Waals surface area contributed by atoms with Crippen LogP contribution in [0.2, 0.25) is 0 Å². The number of nitrogens with zero attached hydrogens (tertiary/aromatic N) is 2. The Bertz CT molecular complexity index is 788. The Labute approximate surface area is 121 Å². The third-order valence-electron chi connectivity index (χ3n) is 3.09. The maximum atomic E-state index is 11.6. The van der Waals surface area contributed by atoms with Gasteiger partial charge in [0.1, 0.15) is 12.1 Å². The summed E-state index contributed by atoms with van der Waals surface area (Å²) in [6.07, 6.45) is 1.47. The Morgan fingerprint density at radius 1 is 1.10 bits per heavy atom. The van der Waals surface area contributed by atoms with Crippen molar-refractivity contribution in [2.75, 3.05) is 12.4 Å². The third-order valence-corrected chi connectivity index (χ3v) is 3.09. The first kappa shape index (κ1) is 13.1. The van der Waals surface area contributed by atoms with E-state index in [1.807, 2.05) is 36.4 Å². The van der Waals surface area contributed by atoms with E-state index in [0.29, 0.717) is 16.9 Å². The molecule has 0 aliphatic rings. The van der Waals surface area contributed by atoms with Gasteiger partial charge in [0, 0.05) is 11.1 Å². The number of esters is 1. The van der Waals surface area contributed by atoms with Crippen LogP contribution in [0, 0.1) is 0 Å². The summed E-state index contributed by atoms with van der Waals surface area (Å²) in [7, 11) is 1.36. The minimum Gasteiger partial charge on any atom is -0.465 e. The number of para-hydroxylation sites is 1. The molecule has 104 valence electrons. The van der Waals surface area contributed by atoms with Gasteiger partial charge in [-0.25, -0.2) is 14.8 Å². The van der Waals surface area contributed by atoms with Crippen molar-refractivity contribution >= 4 is 28.4 Å². The van der Waals surface area contributed by atoms with Crippen LogP contribution >= 0.6 is 0 Å². The number of nitrogens with one attached hydrogen (secondary N) is 1. The second-order valence-corrected chi connectivity index (χ2v) is 4.44. The highest BCUT2D eigenvalue weighted by molar-refractivity contribution is 5.97.